The molecule has 0 heterocycles. The Balaban J connectivity index is 0.000000231. The van der Waals surface area contributed by atoms with Gasteiger partial charge in [-0.1, -0.05) is 53.6 Å². The second kappa shape index (κ2) is 23.8. The maximum atomic E-state index is 11.9. The van der Waals surface area contributed by atoms with Gasteiger partial charge in [0.2, 0.25) is 0 Å². The van der Waals surface area contributed by atoms with Gasteiger partial charge in [-0.3, -0.25) is 15.0 Å². The van der Waals surface area contributed by atoms with Crippen LogP contribution in [0.4, 0.5) is 17.1 Å². The van der Waals surface area contributed by atoms with Crippen LogP contribution in [0.25, 0.3) is 0 Å². The zero-order valence-corrected chi connectivity index (χ0v) is 33.7. The summed E-state index contributed by atoms with van der Waals surface area (Å²) in [7, 11) is 9.25. The first-order chi connectivity index (χ1) is 27.7. The van der Waals surface area contributed by atoms with Crippen molar-refractivity contribution in [2.75, 3.05) is 42.7 Å². The molecule has 300 valence electrons. The third kappa shape index (κ3) is 13.4. The summed E-state index contributed by atoms with van der Waals surface area (Å²) in [5, 5.41) is 35.7. The zero-order valence-electron chi connectivity index (χ0n) is 32.7. The van der Waals surface area contributed by atoms with Gasteiger partial charge in [0.25, 0.3) is 0 Å². The molecule has 0 aliphatic rings. The van der Waals surface area contributed by atoms with E-state index >= 15 is 0 Å². The molecule has 0 bridgehead atoms. The standard InChI is InChI=1S/3C15H15NO3.Co/c3*1-18-13-8-6-12(7-9-13)16-10-11-4-3-5-14(19-2)15(11)17;/h3*3-10,17H,1-2H3;/q;;;+3/p-3. The fourth-order valence-corrected chi connectivity index (χ4v) is 4.82. The summed E-state index contributed by atoms with van der Waals surface area (Å²) in [4.78, 5) is 12.8. The van der Waals surface area contributed by atoms with Gasteiger partial charge in [0, 0.05) is 18.6 Å². The van der Waals surface area contributed by atoms with E-state index in [-0.39, 0.29) is 34.0 Å². The smallest absolute Gasteiger partial charge is 0.870 e. The molecule has 6 rings (SSSR count). The molecule has 0 unspecified atom stereocenters. The Hall–Kier alpha value is -6.96. The van der Waals surface area contributed by atoms with Crippen LogP contribution >= 0.6 is 0 Å². The van der Waals surface area contributed by atoms with E-state index in [2.05, 4.69) is 15.0 Å². The van der Waals surface area contributed by atoms with Crippen molar-refractivity contribution < 1.29 is 60.5 Å². The van der Waals surface area contributed by atoms with E-state index in [1.165, 1.54) is 40.0 Å². The van der Waals surface area contributed by atoms with Crippen LogP contribution in [0.5, 0.6) is 51.7 Å². The SMILES string of the molecule is COc1ccc(N=Cc2cccc(OC)c2[O-])cc1.COc1ccc(N=Cc2cccc(OC)c2[O-])cc1.COc1ccc(N=Cc2cccc(OC)c2[O-])cc1.[Co+3]. The molecule has 0 amide bonds. The minimum Gasteiger partial charge on any atom is -0.870 e. The topological polar surface area (TPSA) is 162 Å². The molecule has 13 heteroatoms. The largest absolute Gasteiger partial charge is 3.00 e. The van der Waals surface area contributed by atoms with Crippen molar-refractivity contribution in [3.63, 3.8) is 0 Å². The zero-order chi connectivity index (χ0) is 41.0. The van der Waals surface area contributed by atoms with Crippen LogP contribution in [0.2, 0.25) is 0 Å². The average Bonchev–Trinajstić information content (AvgIpc) is 3.26. The maximum absolute atomic E-state index is 11.9. The summed E-state index contributed by atoms with van der Waals surface area (Å²) in [6.07, 6.45) is 4.60. The fourth-order valence-electron chi connectivity index (χ4n) is 4.82. The van der Waals surface area contributed by atoms with Crippen LogP contribution in [0.3, 0.4) is 0 Å². The van der Waals surface area contributed by atoms with E-state index in [0.29, 0.717) is 33.9 Å². The number of methoxy groups -OCH3 is 6. The number of para-hydroxylation sites is 3. The average molecular weight is 828 g/mol. The monoisotopic (exact) mass is 827 g/mol. The molecule has 0 atom stereocenters. The molecule has 6 aromatic carbocycles. The van der Waals surface area contributed by atoms with Crippen molar-refractivity contribution in [3.05, 3.63) is 144 Å². The number of ether oxygens (including phenoxy) is 6. The van der Waals surface area contributed by atoms with Gasteiger partial charge in [-0.2, -0.15) is 0 Å². The number of aliphatic imine (C=N–C) groups is 3. The van der Waals surface area contributed by atoms with Crippen molar-refractivity contribution in [2.24, 2.45) is 15.0 Å². The van der Waals surface area contributed by atoms with Gasteiger partial charge in [0.15, 0.2) is 0 Å². The van der Waals surface area contributed by atoms with E-state index in [1.54, 1.807) is 75.9 Å². The summed E-state index contributed by atoms with van der Waals surface area (Å²) in [5.74, 6) is 2.77. The third-order valence-corrected chi connectivity index (χ3v) is 7.96. The van der Waals surface area contributed by atoms with Crippen molar-refractivity contribution in [1.82, 2.24) is 0 Å². The van der Waals surface area contributed by atoms with Gasteiger partial charge in [-0.05, 0) is 108 Å². The Morgan fingerprint density at radius 3 is 0.793 bits per heavy atom. The van der Waals surface area contributed by atoms with E-state index in [4.69, 9.17) is 28.4 Å². The molecule has 58 heavy (non-hydrogen) atoms. The number of nitrogens with zero attached hydrogens (tertiary/aromatic N) is 3. The molecule has 6 aromatic rings. The maximum Gasteiger partial charge on any atom is 3.00 e. The molecule has 12 nitrogen and oxygen atoms in total. The molecule has 0 aromatic heterocycles. The number of hydrogen-bond donors (Lipinski definition) is 0. The van der Waals surface area contributed by atoms with Gasteiger partial charge in [0.1, 0.15) is 34.5 Å². The number of hydrogen-bond acceptors (Lipinski definition) is 12. The molecule has 0 saturated carbocycles. The Morgan fingerprint density at radius 2 is 0.586 bits per heavy atom. The van der Waals surface area contributed by atoms with Crippen LogP contribution in [0.15, 0.2) is 142 Å². The van der Waals surface area contributed by atoms with Crippen LogP contribution in [0, 0.1) is 0 Å². The van der Waals surface area contributed by atoms with Gasteiger partial charge in [-0.15, -0.1) is 0 Å². The van der Waals surface area contributed by atoms with Crippen molar-refractivity contribution in [2.45, 2.75) is 0 Å². The summed E-state index contributed by atoms with van der Waals surface area (Å²) in [5.41, 5.74) is 3.74. The molecule has 0 fully saturated rings. The molecule has 0 aliphatic carbocycles. The molecule has 0 saturated heterocycles. The summed E-state index contributed by atoms with van der Waals surface area (Å²) < 4.78 is 30.1. The van der Waals surface area contributed by atoms with Gasteiger partial charge in [0.05, 0.1) is 59.7 Å². The Labute approximate surface area is 348 Å². The second-order valence-electron chi connectivity index (χ2n) is 11.5. The summed E-state index contributed by atoms with van der Waals surface area (Å²) >= 11 is 0. The van der Waals surface area contributed by atoms with Crippen LogP contribution in [0.1, 0.15) is 16.7 Å². The van der Waals surface area contributed by atoms with Gasteiger partial charge >= 0.3 is 16.8 Å². The Kier molecular flexibility index (Phi) is 18.7. The van der Waals surface area contributed by atoms with E-state index in [9.17, 15) is 15.3 Å². The van der Waals surface area contributed by atoms with E-state index in [0.717, 1.165) is 34.3 Å². The first-order valence-electron chi connectivity index (χ1n) is 17.3. The minimum absolute atomic E-state index is 0. The quantitative estimate of drug-likeness (QED) is 0.113. The normalized spacial score (nSPS) is 10.4. The fraction of sp³-hybridized carbons (Fsp3) is 0.133. The minimum atomic E-state index is -0.165. The van der Waals surface area contributed by atoms with Crippen molar-refractivity contribution in [3.8, 4) is 51.7 Å². The van der Waals surface area contributed by atoms with Crippen LogP contribution in [-0.2, 0) is 16.8 Å². The molecular formula is C45H42CoN3O9. The van der Waals surface area contributed by atoms with Crippen molar-refractivity contribution >= 4 is 35.7 Å². The summed E-state index contributed by atoms with van der Waals surface area (Å²) in [6.45, 7) is 0. The predicted octanol–water partition coefficient (Wildman–Crippen LogP) is 7.58. The number of rotatable bonds is 12. The van der Waals surface area contributed by atoms with E-state index < -0.39 is 0 Å². The number of benzene rings is 6. The predicted molar refractivity (Wildman–Crippen MR) is 218 cm³/mol. The third-order valence-electron chi connectivity index (χ3n) is 7.96. The molecule has 0 N–H and O–H groups in total. The molecule has 0 spiro atoms. The first kappa shape index (κ1) is 45.4. The van der Waals surface area contributed by atoms with Gasteiger partial charge < -0.3 is 43.7 Å². The Bertz CT molecular complexity index is 1990. The van der Waals surface area contributed by atoms with Crippen LogP contribution < -0.4 is 43.7 Å². The van der Waals surface area contributed by atoms with E-state index in [1.807, 2.05) is 72.8 Å². The van der Waals surface area contributed by atoms with Gasteiger partial charge in [-0.25, -0.2) is 0 Å². The Morgan fingerprint density at radius 1 is 0.345 bits per heavy atom. The summed E-state index contributed by atoms with van der Waals surface area (Å²) in [6, 6.07) is 37.1. The second-order valence-corrected chi connectivity index (χ2v) is 11.5. The molecular weight excluding hydrogens is 785 g/mol. The van der Waals surface area contributed by atoms with Crippen LogP contribution in [-0.4, -0.2) is 61.3 Å². The molecule has 0 radical (unpaired) electrons. The molecule has 0 aliphatic heterocycles. The first-order valence-corrected chi connectivity index (χ1v) is 17.3. The van der Waals surface area contributed by atoms with Crippen molar-refractivity contribution in [1.29, 1.82) is 0 Å².